The van der Waals surface area contributed by atoms with Gasteiger partial charge in [-0.2, -0.15) is 0 Å². The van der Waals surface area contributed by atoms with Gasteiger partial charge in [0.1, 0.15) is 5.82 Å². The van der Waals surface area contributed by atoms with Gasteiger partial charge in [-0.1, -0.05) is 6.92 Å². The van der Waals surface area contributed by atoms with Crippen molar-refractivity contribution >= 4 is 17.2 Å². The highest BCUT2D eigenvalue weighted by Crippen LogP contribution is 2.22. The second-order valence-electron chi connectivity index (χ2n) is 3.75. The molecule has 0 aliphatic heterocycles. The quantitative estimate of drug-likeness (QED) is 0.904. The van der Waals surface area contributed by atoms with E-state index in [0.29, 0.717) is 0 Å². The first-order valence-electron chi connectivity index (χ1n) is 5.77. The molecule has 0 aliphatic carbocycles. The average molecular weight is 248 g/mol. The molecule has 17 heavy (non-hydrogen) atoms. The van der Waals surface area contributed by atoms with Crippen molar-refractivity contribution in [2.45, 2.75) is 27.2 Å². The highest BCUT2D eigenvalue weighted by molar-refractivity contribution is 7.13. The van der Waals surface area contributed by atoms with Gasteiger partial charge in [-0.15, -0.1) is 11.3 Å². The summed E-state index contributed by atoms with van der Waals surface area (Å²) < 4.78 is 0. The molecule has 0 amide bonds. The molecule has 5 heteroatoms. The van der Waals surface area contributed by atoms with Gasteiger partial charge in [-0.3, -0.25) is 0 Å². The Labute approximate surface area is 105 Å². The van der Waals surface area contributed by atoms with Crippen LogP contribution in [0, 0.1) is 6.92 Å². The molecule has 0 fully saturated rings. The SMILES string of the molecule is CCNc1cc(CC)nc(-c2nc(C)cs2)n1. The van der Waals surface area contributed by atoms with E-state index in [1.165, 1.54) is 0 Å². The van der Waals surface area contributed by atoms with Gasteiger partial charge in [0.15, 0.2) is 10.8 Å². The number of rotatable bonds is 4. The first kappa shape index (κ1) is 12.0. The molecular weight excluding hydrogens is 232 g/mol. The molecule has 0 unspecified atom stereocenters. The molecule has 0 aromatic carbocycles. The monoisotopic (exact) mass is 248 g/mol. The molecule has 1 N–H and O–H groups in total. The minimum Gasteiger partial charge on any atom is -0.370 e. The molecule has 2 aromatic heterocycles. The fourth-order valence-electron chi connectivity index (χ4n) is 1.50. The molecule has 2 rings (SSSR count). The summed E-state index contributed by atoms with van der Waals surface area (Å²) in [6.07, 6.45) is 0.901. The van der Waals surface area contributed by atoms with E-state index in [4.69, 9.17) is 0 Å². The lowest BCUT2D eigenvalue weighted by Gasteiger charge is -2.06. The smallest absolute Gasteiger partial charge is 0.190 e. The Kier molecular flexibility index (Phi) is 3.68. The number of aryl methyl sites for hydroxylation is 2. The fourth-order valence-corrected chi connectivity index (χ4v) is 2.23. The van der Waals surface area contributed by atoms with Gasteiger partial charge in [0, 0.05) is 29.4 Å². The lowest BCUT2D eigenvalue weighted by Crippen LogP contribution is -2.03. The molecule has 90 valence electrons. The molecule has 0 bridgehead atoms. The number of thiazole rings is 1. The summed E-state index contributed by atoms with van der Waals surface area (Å²) in [5.74, 6) is 1.60. The fraction of sp³-hybridized carbons (Fsp3) is 0.417. The Morgan fingerprint density at radius 1 is 1.24 bits per heavy atom. The molecule has 0 saturated carbocycles. The van der Waals surface area contributed by atoms with E-state index < -0.39 is 0 Å². The Balaban J connectivity index is 2.42. The summed E-state index contributed by atoms with van der Waals surface area (Å²) in [6.45, 7) is 6.99. The van der Waals surface area contributed by atoms with Crippen molar-refractivity contribution < 1.29 is 0 Å². The highest BCUT2D eigenvalue weighted by Gasteiger charge is 2.09. The predicted octanol–water partition coefficient (Wildman–Crippen LogP) is 2.90. The Hall–Kier alpha value is -1.49. The first-order valence-corrected chi connectivity index (χ1v) is 6.65. The molecule has 0 spiro atoms. The van der Waals surface area contributed by atoms with Gasteiger partial charge in [0.2, 0.25) is 0 Å². The molecular formula is C12H16N4S. The third-order valence-electron chi connectivity index (χ3n) is 2.31. The maximum atomic E-state index is 4.51. The van der Waals surface area contributed by atoms with Crippen LogP contribution in [0.5, 0.6) is 0 Å². The van der Waals surface area contributed by atoms with Gasteiger partial charge in [-0.25, -0.2) is 15.0 Å². The first-order chi connectivity index (χ1) is 8.22. The molecule has 4 nitrogen and oxygen atoms in total. The highest BCUT2D eigenvalue weighted by atomic mass is 32.1. The number of hydrogen-bond acceptors (Lipinski definition) is 5. The van der Waals surface area contributed by atoms with Crippen molar-refractivity contribution in [2.24, 2.45) is 0 Å². The molecule has 0 saturated heterocycles. The summed E-state index contributed by atoms with van der Waals surface area (Å²) in [6, 6.07) is 1.99. The van der Waals surface area contributed by atoms with Gasteiger partial charge in [0.25, 0.3) is 0 Å². The normalized spacial score (nSPS) is 10.5. The third-order valence-corrected chi connectivity index (χ3v) is 3.27. The second-order valence-corrected chi connectivity index (χ2v) is 4.60. The molecule has 0 atom stereocenters. The molecule has 0 aliphatic rings. The molecule has 2 heterocycles. The van der Waals surface area contributed by atoms with E-state index in [1.807, 2.05) is 18.4 Å². The van der Waals surface area contributed by atoms with E-state index in [1.54, 1.807) is 11.3 Å². The van der Waals surface area contributed by atoms with Crippen molar-refractivity contribution in [1.82, 2.24) is 15.0 Å². The lowest BCUT2D eigenvalue weighted by atomic mass is 10.3. The number of anilines is 1. The van der Waals surface area contributed by atoms with Crippen LogP contribution in [0.4, 0.5) is 5.82 Å². The molecule has 0 radical (unpaired) electrons. The minimum absolute atomic E-state index is 0.721. The summed E-state index contributed by atoms with van der Waals surface area (Å²) in [5, 5.41) is 6.13. The van der Waals surface area contributed by atoms with Crippen LogP contribution in [0.15, 0.2) is 11.4 Å². The maximum Gasteiger partial charge on any atom is 0.190 e. The van der Waals surface area contributed by atoms with Crippen LogP contribution >= 0.6 is 11.3 Å². The Morgan fingerprint density at radius 3 is 2.65 bits per heavy atom. The van der Waals surface area contributed by atoms with Gasteiger partial charge in [0.05, 0.1) is 0 Å². The summed E-state index contributed by atoms with van der Waals surface area (Å²) in [4.78, 5) is 13.4. The van der Waals surface area contributed by atoms with Crippen molar-refractivity contribution in [3.8, 4) is 10.8 Å². The van der Waals surface area contributed by atoms with Crippen molar-refractivity contribution in [3.63, 3.8) is 0 Å². The van der Waals surface area contributed by atoms with Crippen molar-refractivity contribution in [1.29, 1.82) is 0 Å². The van der Waals surface area contributed by atoms with Crippen LogP contribution < -0.4 is 5.32 Å². The van der Waals surface area contributed by atoms with Crippen LogP contribution in [-0.4, -0.2) is 21.5 Å². The van der Waals surface area contributed by atoms with Crippen LogP contribution in [0.3, 0.4) is 0 Å². The summed E-state index contributed by atoms with van der Waals surface area (Å²) in [5.41, 5.74) is 2.05. The minimum atomic E-state index is 0.721. The maximum absolute atomic E-state index is 4.51. The number of nitrogens with one attached hydrogen (secondary N) is 1. The standard InChI is InChI=1S/C12H16N4S/c1-4-9-6-10(13-5-2)16-11(15-9)12-14-8(3)7-17-12/h6-7H,4-5H2,1-3H3,(H,13,15,16). The van der Waals surface area contributed by atoms with Crippen molar-refractivity contribution in [2.75, 3.05) is 11.9 Å². The lowest BCUT2D eigenvalue weighted by molar-refractivity contribution is 0.995. The van der Waals surface area contributed by atoms with E-state index >= 15 is 0 Å². The van der Waals surface area contributed by atoms with E-state index in [2.05, 4.69) is 34.1 Å². The van der Waals surface area contributed by atoms with Crippen LogP contribution in [-0.2, 0) is 6.42 Å². The van der Waals surface area contributed by atoms with Gasteiger partial charge >= 0.3 is 0 Å². The average Bonchev–Trinajstić information content (AvgIpc) is 2.76. The van der Waals surface area contributed by atoms with Crippen LogP contribution in [0.25, 0.3) is 10.8 Å². The number of nitrogens with zero attached hydrogens (tertiary/aromatic N) is 3. The Morgan fingerprint density at radius 2 is 2.06 bits per heavy atom. The van der Waals surface area contributed by atoms with E-state index in [9.17, 15) is 0 Å². The predicted molar refractivity (Wildman–Crippen MR) is 71.4 cm³/mol. The summed E-state index contributed by atoms with van der Waals surface area (Å²) >= 11 is 1.58. The zero-order chi connectivity index (χ0) is 12.3. The van der Waals surface area contributed by atoms with E-state index in [-0.39, 0.29) is 0 Å². The Bertz CT molecular complexity index is 507. The van der Waals surface area contributed by atoms with Crippen LogP contribution in [0.1, 0.15) is 25.2 Å². The third kappa shape index (κ3) is 2.79. The zero-order valence-corrected chi connectivity index (χ0v) is 11.1. The van der Waals surface area contributed by atoms with Gasteiger partial charge < -0.3 is 5.32 Å². The van der Waals surface area contributed by atoms with Crippen LogP contribution in [0.2, 0.25) is 0 Å². The van der Waals surface area contributed by atoms with Crippen molar-refractivity contribution in [3.05, 3.63) is 22.8 Å². The zero-order valence-electron chi connectivity index (χ0n) is 10.3. The molecule has 2 aromatic rings. The van der Waals surface area contributed by atoms with Gasteiger partial charge in [-0.05, 0) is 20.3 Å². The topological polar surface area (TPSA) is 50.7 Å². The van der Waals surface area contributed by atoms with E-state index in [0.717, 1.165) is 41.0 Å². The summed E-state index contributed by atoms with van der Waals surface area (Å²) in [7, 11) is 0. The number of hydrogen-bond donors (Lipinski definition) is 1. The second kappa shape index (κ2) is 5.23. The largest absolute Gasteiger partial charge is 0.370 e. The number of aromatic nitrogens is 3.